The van der Waals surface area contributed by atoms with Crippen LogP contribution in [0.5, 0.6) is 5.75 Å². The minimum absolute atomic E-state index is 0.197. The van der Waals surface area contributed by atoms with Gasteiger partial charge in [0, 0.05) is 11.3 Å². The molecule has 1 amide bonds. The molecule has 0 saturated carbocycles. The van der Waals surface area contributed by atoms with Crippen LogP contribution in [-0.2, 0) is 4.79 Å². The smallest absolute Gasteiger partial charge is 0.267 e. The van der Waals surface area contributed by atoms with Crippen LogP contribution < -0.4 is 10.1 Å². The third-order valence-corrected chi connectivity index (χ3v) is 5.76. The molecule has 4 rings (SSSR count). The van der Waals surface area contributed by atoms with Crippen molar-refractivity contribution < 1.29 is 9.53 Å². The van der Waals surface area contributed by atoms with E-state index in [0.717, 1.165) is 32.0 Å². The molecule has 0 spiro atoms. The van der Waals surface area contributed by atoms with Crippen LogP contribution >= 0.6 is 11.3 Å². The molecule has 4 aromatic rings. The zero-order valence-electron chi connectivity index (χ0n) is 16.6. The van der Waals surface area contributed by atoms with E-state index in [0.29, 0.717) is 5.75 Å². The molecule has 0 aliphatic rings. The normalized spacial score (nSPS) is 11.4. The molecule has 5 heteroatoms. The fourth-order valence-corrected chi connectivity index (χ4v) is 4.00. The second-order valence-electron chi connectivity index (χ2n) is 7.40. The zero-order valence-corrected chi connectivity index (χ0v) is 17.4. The second kappa shape index (κ2) is 7.68. The summed E-state index contributed by atoms with van der Waals surface area (Å²) in [5.74, 6) is 0.466. The van der Waals surface area contributed by atoms with Crippen LogP contribution in [0.2, 0.25) is 0 Å². The molecule has 0 bridgehead atoms. The van der Waals surface area contributed by atoms with E-state index in [4.69, 9.17) is 9.72 Å². The van der Waals surface area contributed by atoms with Crippen LogP contribution in [0.15, 0.2) is 72.8 Å². The summed E-state index contributed by atoms with van der Waals surface area (Å²) in [5.41, 5.74) is 2.79. The lowest BCUT2D eigenvalue weighted by molar-refractivity contribution is -0.128. The van der Waals surface area contributed by atoms with Crippen LogP contribution in [0, 0.1) is 6.92 Å². The summed E-state index contributed by atoms with van der Waals surface area (Å²) in [4.78, 5) is 17.5. The van der Waals surface area contributed by atoms with Gasteiger partial charge in [0.25, 0.3) is 5.91 Å². The highest BCUT2D eigenvalue weighted by molar-refractivity contribution is 7.21. The Morgan fingerprint density at radius 2 is 1.72 bits per heavy atom. The van der Waals surface area contributed by atoms with Gasteiger partial charge < -0.3 is 10.1 Å². The van der Waals surface area contributed by atoms with Crippen molar-refractivity contribution in [2.24, 2.45) is 0 Å². The lowest BCUT2D eigenvalue weighted by Crippen LogP contribution is -2.42. The molecule has 146 valence electrons. The van der Waals surface area contributed by atoms with Gasteiger partial charge in [-0.3, -0.25) is 4.79 Å². The first-order valence-electron chi connectivity index (χ1n) is 9.44. The molecule has 0 unspecified atom stereocenters. The molecule has 0 saturated heterocycles. The zero-order chi connectivity index (χ0) is 20.4. The summed E-state index contributed by atoms with van der Waals surface area (Å²) in [6.07, 6.45) is 0. The van der Waals surface area contributed by atoms with E-state index in [2.05, 4.69) is 17.4 Å². The Kier molecular flexibility index (Phi) is 5.07. The third kappa shape index (κ3) is 4.15. The largest absolute Gasteiger partial charge is 0.478 e. The number of carbonyl (C=O) groups excluding carboxylic acids is 1. The maximum atomic E-state index is 12.8. The number of para-hydroxylation sites is 2. The van der Waals surface area contributed by atoms with Gasteiger partial charge in [-0.05, 0) is 68.8 Å². The van der Waals surface area contributed by atoms with E-state index < -0.39 is 5.60 Å². The van der Waals surface area contributed by atoms with Gasteiger partial charge in [-0.1, -0.05) is 30.3 Å². The predicted molar refractivity (Wildman–Crippen MR) is 120 cm³/mol. The monoisotopic (exact) mass is 402 g/mol. The van der Waals surface area contributed by atoms with Crippen LogP contribution in [0.1, 0.15) is 19.4 Å². The Labute approximate surface area is 174 Å². The van der Waals surface area contributed by atoms with Gasteiger partial charge in [-0.25, -0.2) is 4.98 Å². The average molecular weight is 403 g/mol. The molecule has 1 heterocycles. The number of rotatable bonds is 5. The Balaban J connectivity index is 1.52. The number of hydrogen-bond donors (Lipinski definition) is 1. The second-order valence-corrected chi connectivity index (χ2v) is 8.43. The van der Waals surface area contributed by atoms with Crippen LogP contribution in [0.3, 0.4) is 0 Å². The van der Waals surface area contributed by atoms with Gasteiger partial charge >= 0.3 is 0 Å². The third-order valence-electron chi connectivity index (χ3n) is 4.68. The topological polar surface area (TPSA) is 51.2 Å². The van der Waals surface area contributed by atoms with Crippen molar-refractivity contribution in [3.8, 4) is 16.3 Å². The highest BCUT2D eigenvalue weighted by Gasteiger charge is 2.30. The van der Waals surface area contributed by atoms with Gasteiger partial charge in [0.15, 0.2) is 5.60 Å². The van der Waals surface area contributed by atoms with E-state index >= 15 is 0 Å². The van der Waals surface area contributed by atoms with E-state index in [1.807, 2.05) is 67.6 Å². The number of thiazole rings is 1. The summed E-state index contributed by atoms with van der Waals surface area (Å²) < 4.78 is 7.05. The van der Waals surface area contributed by atoms with E-state index in [1.165, 1.54) is 0 Å². The Hall–Kier alpha value is -3.18. The Morgan fingerprint density at radius 3 is 2.45 bits per heavy atom. The molecule has 1 aromatic heterocycles. The average Bonchev–Trinajstić information content (AvgIpc) is 3.14. The summed E-state index contributed by atoms with van der Waals surface area (Å²) in [6, 6.07) is 23.4. The fraction of sp³-hybridized carbons (Fsp3) is 0.167. The van der Waals surface area contributed by atoms with E-state index in [-0.39, 0.29) is 5.91 Å². The molecule has 1 N–H and O–H groups in total. The van der Waals surface area contributed by atoms with Crippen molar-refractivity contribution in [1.82, 2.24) is 4.98 Å². The number of ether oxygens (including phenoxy) is 1. The number of aryl methyl sites for hydroxylation is 1. The number of aromatic nitrogens is 1. The fourth-order valence-electron chi connectivity index (χ4n) is 3.03. The first kappa shape index (κ1) is 19.2. The number of carbonyl (C=O) groups is 1. The van der Waals surface area contributed by atoms with Gasteiger partial charge in [0.05, 0.1) is 10.2 Å². The summed E-state index contributed by atoms with van der Waals surface area (Å²) >= 11 is 1.67. The number of nitrogens with one attached hydrogen (secondary N) is 1. The number of fused-ring (bicyclic) bond motifs is 1. The lowest BCUT2D eigenvalue weighted by atomic mass is 10.1. The minimum atomic E-state index is -1.00. The first-order valence-corrected chi connectivity index (χ1v) is 10.3. The van der Waals surface area contributed by atoms with Crippen LogP contribution in [0.4, 0.5) is 5.69 Å². The van der Waals surface area contributed by atoms with Crippen LogP contribution in [0.25, 0.3) is 20.8 Å². The van der Waals surface area contributed by atoms with Gasteiger partial charge in [0.2, 0.25) is 0 Å². The quantitative estimate of drug-likeness (QED) is 0.441. The molecule has 0 atom stereocenters. The van der Waals surface area contributed by atoms with Gasteiger partial charge in [0.1, 0.15) is 10.8 Å². The Bertz CT molecular complexity index is 1130. The van der Waals surface area contributed by atoms with Crippen molar-refractivity contribution in [2.75, 3.05) is 5.32 Å². The summed E-state index contributed by atoms with van der Waals surface area (Å²) in [7, 11) is 0. The lowest BCUT2D eigenvalue weighted by Gasteiger charge is -2.25. The Morgan fingerprint density at radius 1 is 1.00 bits per heavy atom. The molecule has 0 aliphatic heterocycles. The van der Waals surface area contributed by atoms with Gasteiger partial charge in [-0.15, -0.1) is 11.3 Å². The molecule has 3 aromatic carbocycles. The van der Waals surface area contributed by atoms with Crippen molar-refractivity contribution in [2.45, 2.75) is 26.4 Å². The standard InChI is InChI=1S/C24H22N2O2S/c1-16-15-17(22-25-20-11-7-8-12-21(20)29-22)13-14-19(16)26-23(27)24(2,3)28-18-9-5-4-6-10-18/h4-15H,1-3H3,(H,26,27). The number of nitrogens with zero attached hydrogens (tertiary/aromatic N) is 1. The van der Waals surface area contributed by atoms with E-state index in [1.54, 1.807) is 25.2 Å². The number of anilines is 1. The first-order chi connectivity index (χ1) is 13.9. The van der Waals surface area contributed by atoms with E-state index in [9.17, 15) is 4.79 Å². The maximum absolute atomic E-state index is 12.8. The highest BCUT2D eigenvalue weighted by Crippen LogP contribution is 2.32. The SMILES string of the molecule is Cc1cc(-c2nc3ccccc3s2)ccc1NC(=O)C(C)(C)Oc1ccccc1. The van der Waals surface area contributed by atoms with Crippen molar-refractivity contribution in [3.05, 3.63) is 78.4 Å². The summed E-state index contributed by atoms with van der Waals surface area (Å²) in [6.45, 7) is 5.51. The number of benzene rings is 3. The number of hydrogen-bond acceptors (Lipinski definition) is 4. The van der Waals surface area contributed by atoms with Crippen molar-refractivity contribution in [1.29, 1.82) is 0 Å². The molecule has 29 heavy (non-hydrogen) atoms. The number of amides is 1. The van der Waals surface area contributed by atoms with Crippen LogP contribution in [-0.4, -0.2) is 16.5 Å². The molecule has 0 aliphatic carbocycles. The molecule has 4 nitrogen and oxygen atoms in total. The van der Waals surface area contributed by atoms with Crippen molar-refractivity contribution in [3.63, 3.8) is 0 Å². The summed E-state index contributed by atoms with van der Waals surface area (Å²) in [5, 5.41) is 3.97. The maximum Gasteiger partial charge on any atom is 0.267 e. The molecular weight excluding hydrogens is 380 g/mol. The highest BCUT2D eigenvalue weighted by atomic mass is 32.1. The molecular formula is C24H22N2O2S. The van der Waals surface area contributed by atoms with Gasteiger partial charge in [-0.2, -0.15) is 0 Å². The minimum Gasteiger partial charge on any atom is -0.478 e. The predicted octanol–water partition coefficient (Wildman–Crippen LogP) is 6.07. The molecule has 0 fully saturated rings. The van der Waals surface area contributed by atoms with Crippen molar-refractivity contribution >= 4 is 33.1 Å². The molecule has 0 radical (unpaired) electrons.